The number of benzene rings is 1. The summed E-state index contributed by atoms with van der Waals surface area (Å²) in [6, 6.07) is 11.0. The highest BCUT2D eigenvalue weighted by molar-refractivity contribution is 7.92. The number of aliphatic hydroxyl groups excluding tert-OH is 1. The molecule has 10 aliphatic heterocycles. The van der Waals surface area contributed by atoms with Crippen LogP contribution in [0.2, 0.25) is 0 Å². The number of aromatic nitrogens is 1. The Balaban J connectivity index is 0.713. The molecular formula is C63H87N7O18S. The topological polar surface area (TPSA) is 309 Å². The molecule has 12 rings (SSSR count). The van der Waals surface area contributed by atoms with Crippen molar-refractivity contribution in [3.63, 3.8) is 0 Å². The van der Waals surface area contributed by atoms with Gasteiger partial charge in [0.2, 0.25) is 0 Å². The molecular weight excluding hydrogens is 1170 g/mol. The third-order valence-corrected chi connectivity index (χ3v) is 21.2. The molecule has 1 spiro atoms. The molecule has 1 amide bonds. The maximum atomic E-state index is 14.5. The maximum absolute atomic E-state index is 14.5. The molecule has 10 aliphatic rings. The van der Waals surface area contributed by atoms with E-state index in [0.717, 1.165) is 42.0 Å². The van der Waals surface area contributed by atoms with Gasteiger partial charge in [0, 0.05) is 75.8 Å². The molecule has 6 unspecified atom stereocenters. The van der Waals surface area contributed by atoms with Crippen molar-refractivity contribution >= 4 is 27.6 Å². The molecule has 0 aliphatic carbocycles. The molecule has 0 saturated carbocycles. The van der Waals surface area contributed by atoms with Gasteiger partial charge < -0.3 is 72.0 Å². The van der Waals surface area contributed by atoms with Crippen LogP contribution in [0.3, 0.4) is 0 Å². The molecule has 1 aromatic heterocycles. The van der Waals surface area contributed by atoms with Crippen molar-refractivity contribution in [3.8, 4) is 6.07 Å². The molecule has 1 aromatic carbocycles. The summed E-state index contributed by atoms with van der Waals surface area (Å²) >= 11 is 0. The second-order valence-electron chi connectivity index (χ2n) is 26.0. The number of hydrogen-bond acceptors (Lipinski definition) is 21. The maximum Gasteiger partial charge on any atom is 0.407 e. The SMILES string of the molecule is C=C1C2CC3OC(C[C@H](O)CNC(=O)OCc4ccc(N(CCOCCOCCOCCN=[N+]=[N-])S(=O)(=O)c5ccc(C#N)cn5)cc4)[C@H](OC)[C@H]3CC(=O)C[C@H]3CC[C@@H]4O[C@@H]5[C@H]6O[C@@H]7C[C@](CCC8CC(C)(C)C(CCC(C[C@H]1C)O2)O8)(O[C@H]6[C@H]4O3)O[C@H]57. The van der Waals surface area contributed by atoms with Gasteiger partial charge in [-0.25, -0.2) is 9.78 Å². The first kappa shape index (κ1) is 65.6. The summed E-state index contributed by atoms with van der Waals surface area (Å²) in [4.78, 5) is 34.5. The number of alkyl carbamates (subject to hydrolysis) is 1. The normalized spacial score (nSPS) is 35.8. The second-order valence-corrected chi connectivity index (χ2v) is 27.8. The van der Waals surface area contributed by atoms with Gasteiger partial charge >= 0.3 is 6.09 Å². The van der Waals surface area contributed by atoms with E-state index in [4.69, 9.17) is 67.1 Å². The van der Waals surface area contributed by atoms with Gasteiger partial charge in [-0.3, -0.25) is 9.10 Å². The Labute approximate surface area is 520 Å². The highest BCUT2D eigenvalue weighted by Gasteiger charge is 2.69. The summed E-state index contributed by atoms with van der Waals surface area (Å²) < 4.78 is 112. The molecule has 2 N–H and O–H groups in total. The van der Waals surface area contributed by atoms with Gasteiger partial charge in [0.15, 0.2) is 10.8 Å². The van der Waals surface area contributed by atoms with E-state index in [1.807, 2.05) is 6.07 Å². The highest BCUT2D eigenvalue weighted by atomic mass is 32.2. The Morgan fingerprint density at radius 3 is 2.36 bits per heavy atom. The average Bonchev–Trinajstić information content (AvgIpc) is 1.56. The van der Waals surface area contributed by atoms with E-state index in [-0.39, 0.29) is 173 Å². The third-order valence-electron chi connectivity index (χ3n) is 19.5. The standard InChI is InChI=1S/C63H87N7O18S/c1-37-26-44-12-14-53-62(3,4)31-46(82-53)16-17-63-32-52-57(87-63)58-59(86-52)60(88-63)56-48(85-58)13-11-45(83-56)27-42(71)28-47-50(30-49(81-44)38(37)2)84-51(55(47)76-5)29-43(72)35-67-61(73)80-36-39-6-9-41(10-7-39)70(89(74,75)54-15-8-40(33-64)34-66-54)19-21-78-23-25-79-24-22-77-20-18-68-69-65/h6-10,15,34,37,43-53,55-60,72H,2,11-14,16-32,35-36H2,1,3-5H3,(H,67,73)/t37-,43+,44?,45-,46?,47+,48+,49?,50?,51?,52-,53?,55-,56+,57+,58+,59-,60+,63+/m1/s1. The Kier molecular flexibility index (Phi) is 21.3. The number of pyridine rings is 1. The fourth-order valence-corrected chi connectivity index (χ4v) is 16.3. The average molecular weight is 1260 g/mol. The van der Waals surface area contributed by atoms with Crippen molar-refractivity contribution in [1.29, 1.82) is 5.26 Å². The van der Waals surface area contributed by atoms with E-state index in [1.54, 1.807) is 31.4 Å². The number of ether oxygens (including phenoxy) is 13. The van der Waals surface area contributed by atoms with Gasteiger partial charge in [0.05, 0.1) is 125 Å². The first-order valence-corrected chi connectivity index (χ1v) is 33.2. The predicted molar refractivity (Wildman–Crippen MR) is 316 cm³/mol. The van der Waals surface area contributed by atoms with Crippen LogP contribution in [0.4, 0.5) is 10.5 Å². The number of anilines is 1. The second kappa shape index (κ2) is 28.9. The van der Waals surface area contributed by atoms with Crippen LogP contribution < -0.4 is 9.62 Å². The van der Waals surface area contributed by atoms with Crippen molar-refractivity contribution < 1.29 is 84.7 Å². The number of fused-ring (bicyclic) bond motifs is 6. The quantitative estimate of drug-likeness (QED) is 0.0407. The zero-order valence-corrected chi connectivity index (χ0v) is 52.2. The lowest BCUT2D eigenvalue weighted by atomic mass is 9.79. The number of carbonyl (C=O) groups is 2. The number of ketones is 1. The van der Waals surface area contributed by atoms with Crippen LogP contribution in [0.1, 0.15) is 115 Å². The number of nitriles is 1. The molecule has 10 saturated heterocycles. The number of Topliss-reactive ketones (excluding diaryl/α,β-unsaturated/α-hetero) is 1. The number of nitrogens with zero attached hydrogens (tertiary/aromatic N) is 6. The molecule has 10 fully saturated rings. The first-order chi connectivity index (χ1) is 42.9. The van der Waals surface area contributed by atoms with E-state index >= 15 is 0 Å². The van der Waals surface area contributed by atoms with Gasteiger partial charge in [-0.05, 0) is 97.2 Å². The Morgan fingerprint density at radius 1 is 0.865 bits per heavy atom. The number of sulfonamides is 1. The molecule has 12 bridgehead atoms. The van der Waals surface area contributed by atoms with Gasteiger partial charge in [-0.2, -0.15) is 13.7 Å². The molecule has 25 nitrogen and oxygen atoms in total. The van der Waals surface area contributed by atoms with Crippen molar-refractivity contribution in [2.45, 2.75) is 219 Å². The minimum absolute atomic E-state index is 0.0000443. The fourth-order valence-electron chi connectivity index (χ4n) is 14.9. The summed E-state index contributed by atoms with van der Waals surface area (Å²) in [6.07, 6.45) is 2.60. The predicted octanol–water partition coefficient (Wildman–Crippen LogP) is 6.70. The number of aliphatic hydroxyl groups is 1. The Bertz CT molecular complexity index is 2970. The first-order valence-electron chi connectivity index (χ1n) is 31.7. The fraction of sp³-hybridized carbons (Fsp3) is 0.746. The van der Waals surface area contributed by atoms with Crippen molar-refractivity contribution in [1.82, 2.24) is 10.3 Å². The lowest BCUT2D eigenvalue weighted by Crippen LogP contribution is -2.61. The summed E-state index contributed by atoms with van der Waals surface area (Å²) in [7, 11) is -2.64. The molecule has 11 heterocycles. The minimum Gasteiger partial charge on any atom is -0.445 e. The van der Waals surface area contributed by atoms with Crippen molar-refractivity contribution in [3.05, 3.63) is 76.3 Å². The van der Waals surface area contributed by atoms with Crippen LogP contribution in [-0.2, 0) is 83.0 Å². The number of hydrogen-bond donors (Lipinski definition) is 2. The van der Waals surface area contributed by atoms with Crippen LogP contribution in [0, 0.1) is 28.6 Å². The van der Waals surface area contributed by atoms with Crippen LogP contribution in [0.25, 0.3) is 10.4 Å². The number of carbonyl (C=O) groups excluding carboxylic acids is 2. The van der Waals surface area contributed by atoms with Crippen molar-refractivity contribution in [2.75, 3.05) is 70.7 Å². The summed E-state index contributed by atoms with van der Waals surface area (Å²) in [5, 5.41) is 26.6. The van der Waals surface area contributed by atoms with E-state index in [9.17, 15) is 28.4 Å². The lowest BCUT2D eigenvalue weighted by molar-refractivity contribution is -0.292. The number of amides is 1. The Morgan fingerprint density at radius 2 is 1.61 bits per heavy atom. The Hall–Kier alpha value is -4.92. The van der Waals surface area contributed by atoms with E-state index in [0.29, 0.717) is 44.3 Å². The smallest absolute Gasteiger partial charge is 0.407 e. The molecule has 26 heteroatoms. The zero-order valence-electron chi connectivity index (χ0n) is 51.4. The van der Waals surface area contributed by atoms with Crippen molar-refractivity contribution in [2.24, 2.45) is 22.4 Å². The molecule has 488 valence electrons. The van der Waals surface area contributed by atoms with E-state index < -0.39 is 64.4 Å². The van der Waals surface area contributed by atoms with E-state index in [2.05, 4.69) is 47.7 Å². The third kappa shape index (κ3) is 15.3. The van der Waals surface area contributed by atoms with E-state index in [1.165, 1.54) is 18.3 Å². The van der Waals surface area contributed by atoms with Crippen LogP contribution >= 0.6 is 0 Å². The molecule has 2 aromatic rings. The molecule has 19 atom stereocenters. The number of nitrogens with one attached hydrogen (secondary N) is 1. The summed E-state index contributed by atoms with van der Waals surface area (Å²) in [5.41, 5.74) is 10.3. The van der Waals surface area contributed by atoms with Crippen LogP contribution in [0.5, 0.6) is 0 Å². The minimum atomic E-state index is -4.24. The van der Waals surface area contributed by atoms with Crippen LogP contribution in [-0.4, -0.2) is 200 Å². The lowest BCUT2D eigenvalue weighted by Gasteiger charge is -2.47. The summed E-state index contributed by atoms with van der Waals surface area (Å²) in [6.45, 7) is 12.4. The monoisotopic (exact) mass is 1260 g/mol. The largest absolute Gasteiger partial charge is 0.445 e. The highest BCUT2D eigenvalue weighted by Crippen LogP contribution is 2.55. The van der Waals surface area contributed by atoms with Gasteiger partial charge in [-0.1, -0.05) is 44.6 Å². The van der Waals surface area contributed by atoms with Gasteiger partial charge in [0.1, 0.15) is 49.0 Å². The number of methoxy groups -OCH3 is 1. The number of rotatable bonds is 22. The molecule has 0 radical (unpaired) electrons. The van der Waals surface area contributed by atoms with Gasteiger partial charge in [0.25, 0.3) is 10.0 Å². The number of azide groups is 1. The molecule has 89 heavy (non-hydrogen) atoms. The van der Waals surface area contributed by atoms with Gasteiger partial charge in [-0.15, -0.1) is 0 Å². The zero-order chi connectivity index (χ0) is 62.5. The summed E-state index contributed by atoms with van der Waals surface area (Å²) in [5.74, 6) is -1.06. The van der Waals surface area contributed by atoms with Crippen LogP contribution in [0.15, 0.2) is 64.9 Å².